The normalized spacial score (nSPS) is 11.3. The third kappa shape index (κ3) is 4.43. The Hall–Kier alpha value is -3.68. The molecule has 0 fully saturated rings. The lowest BCUT2D eigenvalue weighted by Crippen LogP contribution is -2.02. The Morgan fingerprint density at radius 3 is 2.69 bits per heavy atom. The van der Waals surface area contributed by atoms with Gasteiger partial charge in [-0.15, -0.1) is 0 Å². The highest BCUT2D eigenvalue weighted by Crippen LogP contribution is 2.32. The van der Waals surface area contributed by atoms with Gasteiger partial charge in [-0.1, -0.05) is 0 Å². The Morgan fingerprint density at radius 1 is 1.28 bits per heavy atom. The van der Waals surface area contributed by atoms with E-state index >= 15 is 0 Å². The van der Waals surface area contributed by atoms with Crippen LogP contribution in [0.2, 0.25) is 0 Å². The van der Waals surface area contributed by atoms with E-state index in [-0.39, 0.29) is 5.82 Å². The van der Waals surface area contributed by atoms with Crippen molar-refractivity contribution in [2.75, 3.05) is 24.8 Å². The van der Waals surface area contributed by atoms with Gasteiger partial charge in [-0.05, 0) is 44.8 Å². The Balaban J connectivity index is 2.01. The number of hydrogen-bond acceptors (Lipinski definition) is 6. The van der Waals surface area contributed by atoms with Crippen molar-refractivity contribution < 1.29 is 9.13 Å². The SMILES string of the molecule is C=N/C(=C\c1[nH]cc(F)c1C)c1cc(Nc2nc(C)cc(NC)n2)ccc1OC. The predicted molar refractivity (Wildman–Crippen MR) is 116 cm³/mol. The van der Waals surface area contributed by atoms with Crippen LogP contribution in [0.15, 0.2) is 35.5 Å². The minimum atomic E-state index is -0.307. The Morgan fingerprint density at radius 2 is 2.07 bits per heavy atom. The molecule has 0 atom stereocenters. The van der Waals surface area contributed by atoms with E-state index < -0.39 is 0 Å². The van der Waals surface area contributed by atoms with Gasteiger partial charge in [0.2, 0.25) is 5.95 Å². The molecule has 0 aliphatic carbocycles. The topological polar surface area (TPSA) is 87.2 Å². The molecular weight excluding hydrogens is 371 g/mol. The summed E-state index contributed by atoms with van der Waals surface area (Å²) in [5, 5.41) is 6.20. The zero-order valence-electron chi connectivity index (χ0n) is 16.8. The molecule has 150 valence electrons. The van der Waals surface area contributed by atoms with Crippen LogP contribution in [0.1, 0.15) is 22.5 Å². The van der Waals surface area contributed by atoms with E-state index in [9.17, 15) is 4.39 Å². The van der Waals surface area contributed by atoms with Gasteiger partial charge in [0.15, 0.2) is 0 Å². The maximum absolute atomic E-state index is 13.7. The third-order valence-electron chi connectivity index (χ3n) is 4.41. The molecular formula is C21H23FN6O. The molecule has 29 heavy (non-hydrogen) atoms. The Bertz CT molecular complexity index is 1070. The highest BCUT2D eigenvalue weighted by atomic mass is 19.1. The second kappa shape index (κ2) is 8.55. The second-order valence-corrected chi connectivity index (χ2v) is 6.37. The summed E-state index contributed by atoms with van der Waals surface area (Å²) in [4.78, 5) is 15.8. The first-order chi connectivity index (χ1) is 13.9. The quantitative estimate of drug-likeness (QED) is 0.512. The third-order valence-corrected chi connectivity index (χ3v) is 4.41. The smallest absolute Gasteiger partial charge is 0.229 e. The molecule has 8 heteroatoms. The molecule has 3 N–H and O–H groups in total. The number of halogens is 1. The zero-order chi connectivity index (χ0) is 21.0. The van der Waals surface area contributed by atoms with Gasteiger partial charge in [0, 0.05) is 47.5 Å². The molecule has 7 nitrogen and oxygen atoms in total. The van der Waals surface area contributed by atoms with E-state index in [2.05, 4.69) is 37.3 Å². The summed E-state index contributed by atoms with van der Waals surface area (Å²) in [6.07, 6.45) is 3.04. The number of anilines is 3. The number of nitrogens with one attached hydrogen (secondary N) is 3. The number of methoxy groups -OCH3 is 1. The van der Waals surface area contributed by atoms with Crippen molar-refractivity contribution in [1.82, 2.24) is 15.0 Å². The number of hydrogen-bond donors (Lipinski definition) is 3. The molecule has 0 aliphatic rings. The number of aliphatic imine (C=N–C) groups is 1. The number of ether oxygens (including phenoxy) is 1. The van der Waals surface area contributed by atoms with Gasteiger partial charge in [0.05, 0.1) is 12.8 Å². The number of nitrogens with zero attached hydrogens (tertiary/aromatic N) is 3. The van der Waals surface area contributed by atoms with Gasteiger partial charge >= 0.3 is 0 Å². The van der Waals surface area contributed by atoms with Crippen LogP contribution in [-0.2, 0) is 0 Å². The minimum absolute atomic E-state index is 0.307. The summed E-state index contributed by atoms with van der Waals surface area (Å²) in [7, 11) is 3.38. The summed E-state index contributed by atoms with van der Waals surface area (Å²) in [6.45, 7) is 7.25. The molecule has 0 aliphatic heterocycles. The lowest BCUT2D eigenvalue weighted by molar-refractivity contribution is 0.413. The maximum atomic E-state index is 13.7. The van der Waals surface area contributed by atoms with Crippen LogP contribution in [0, 0.1) is 19.7 Å². The number of aromatic nitrogens is 3. The molecule has 3 rings (SSSR count). The van der Waals surface area contributed by atoms with Crippen molar-refractivity contribution >= 4 is 35.9 Å². The summed E-state index contributed by atoms with van der Waals surface area (Å²) in [5.74, 6) is 1.48. The molecule has 0 saturated carbocycles. The predicted octanol–water partition coefficient (Wildman–Crippen LogP) is 4.55. The molecule has 0 bridgehead atoms. The summed E-state index contributed by atoms with van der Waals surface area (Å²) >= 11 is 0. The highest BCUT2D eigenvalue weighted by molar-refractivity contribution is 5.86. The molecule has 2 aromatic heterocycles. The lowest BCUT2D eigenvalue weighted by atomic mass is 10.1. The number of aromatic amines is 1. The fourth-order valence-corrected chi connectivity index (χ4v) is 2.85. The summed E-state index contributed by atoms with van der Waals surface area (Å²) < 4.78 is 19.2. The van der Waals surface area contributed by atoms with E-state index in [4.69, 9.17) is 4.74 Å². The van der Waals surface area contributed by atoms with Crippen LogP contribution in [-0.4, -0.2) is 35.8 Å². The van der Waals surface area contributed by atoms with Crippen molar-refractivity contribution in [3.8, 4) is 5.75 Å². The summed E-state index contributed by atoms with van der Waals surface area (Å²) in [5.41, 5.74) is 3.94. The average Bonchev–Trinajstić information content (AvgIpc) is 3.03. The van der Waals surface area contributed by atoms with Crippen molar-refractivity contribution in [3.63, 3.8) is 0 Å². The lowest BCUT2D eigenvalue weighted by Gasteiger charge is -2.13. The standard InChI is InChI=1S/C21H23FN6O/c1-12-8-20(24-4)28-21(26-12)27-14-6-7-19(29-5)15(9-14)18(23-3)10-17-13(2)16(22)11-25-17/h6-11,25H,3H2,1-2,4-5H3,(H2,24,26,27,28)/b18-10-. The molecule has 0 amide bonds. The van der Waals surface area contributed by atoms with Gasteiger partial charge in [-0.2, -0.15) is 4.98 Å². The number of aryl methyl sites for hydroxylation is 1. The van der Waals surface area contributed by atoms with Gasteiger partial charge in [-0.3, -0.25) is 4.99 Å². The molecule has 0 saturated heterocycles. The fraction of sp³-hybridized carbons (Fsp3) is 0.190. The van der Waals surface area contributed by atoms with Crippen molar-refractivity contribution in [2.24, 2.45) is 4.99 Å². The first-order valence-electron chi connectivity index (χ1n) is 8.96. The van der Waals surface area contributed by atoms with E-state index in [1.807, 2.05) is 31.2 Å². The van der Waals surface area contributed by atoms with Crippen LogP contribution in [0.3, 0.4) is 0 Å². The fourth-order valence-electron chi connectivity index (χ4n) is 2.85. The molecule has 0 radical (unpaired) electrons. The first kappa shape index (κ1) is 20.1. The van der Waals surface area contributed by atoms with Gasteiger partial charge in [0.25, 0.3) is 0 Å². The van der Waals surface area contributed by atoms with Crippen molar-refractivity contribution in [3.05, 3.63) is 58.8 Å². The summed E-state index contributed by atoms with van der Waals surface area (Å²) in [6, 6.07) is 7.38. The number of rotatable bonds is 7. The zero-order valence-corrected chi connectivity index (χ0v) is 16.8. The first-order valence-corrected chi connectivity index (χ1v) is 8.96. The second-order valence-electron chi connectivity index (χ2n) is 6.37. The molecule has 2 heterocycles. The van der Waals surface area contributed by atoms with Crippen molar-refractivity contribution in [1.29, 1.82) is 0 Å². The largest absolute Gasteiger partial charge is 0.496 e. The Kier molecular flexibility index (Phi) is 5.92. The van der Waals surface area contributed by atoms with Crippen molar-refractivity contribution in [2.45, 2.75) is 13.8 Å². The molecule has 0 unspecified atom stereocenters. The minimum Gasteiger partial charge on any atom is -0.496 e. The monoisotopic (exact) mass is 394 g/mol. The maximum Gasteiger partial charge on any atom is 0.229 e. The van der Waals surface area contributed by atoms with Crippen LogP contribution < -0.4 is 15.4 Å². The molecule has 3 aromatic rings. The van der Waals surface area contributed by atoms with E-state index in [1.165, 1.54) is 6.20 Å². The van der Waals surface area contributed by atoms with Crippen LogP contribution in [0.25, 0.3) is 11.8 Å². The number of benzene rings is 1. The van der Waals surface area contributed by atoms with E-state index in [1.54, 1.807) is 27.2 Å². The van der Waals surface area contributed by atoms with Crippen LogP contribution in [0.5, 0.6) is 5.75 Å². The average molecular weight is 394 g/mol. The van der Waals surface area contributed by atoms with Crippen LogP contribution in [0.4, 0.5) is 21.8 Å². The Labute approximate surface area is 168 Å². The molecule has 0 spiro atoms. The van der Waals surface area contributed by atoms with Gasteiger partial charge in [-0.25, -0.2) is 9.37 Å². The number of H-pyrrole nitrogens is 1. The van der Waals surface area contributed by atoms with Crippen LogP contribution >= 0.6 is 0 Å². The van der Waals surface area contributed by atoms with E-state index in [0.29, 0.717) is 40.0 Å². The van der Waals surface area contributed by atoms with Gasteiger partial charge in [0.1, 0.15) is 17.4 Å². The van der Waals surface area contributed by atoms with Gasteiger partial charge < -0.3 is 20.4 Å². The van der Waals surface area contributed by atoms with E-state index in [0.717, 1.165) is 11.4 Å². The highest BCUT2D eigenvalue weighted by Gasteiger charge is 2.12. The molecule has 1 aromatic carbocycles.